The number of nitrogens with zero attached hydrogens (tertiary/aromatic N) is 2. The van der Waals surface area contributed by atoms with Crippen molar-refractivity contribution in [3.8, 4) is 11.8 Å². The summed E-state index contributed by atoms with van der Waals surface area (Å²) in [6.07, 6.45) is 4.09. The van der Waals surface area contributed by atoms with Gasteiger partial charge in [-0.15, -0.1) is 0 Å². The first-order valence-electron chi connectivity index (χ1n) is 6.65. The third kappa shape index (κ3) is 1.82. The lowest BCUT2D eigenvalue weighted by atomic mass is 10.0. The second kappa shape index (κ2) is 4.53. The minimum absolute atomic E-state index is 0.760. The molecule has 2 aliphatic rings. The van der Waals surface area contributed by atoms with Gasteiger partial charge in [-0.05, 0) is 36.8 Å². The van der Waals surface area contributed by atoms with Crippen molar-refractivity contribution in [2.75, 3.05) is 25.1 Å². The highest BCUT2D eigenvalue weighted by molar-refractivity contribution is 5.62. The molecule has 0 bridgehead atoms. The zero-order valence-electron chi connectivity index (χ0n) is 10.7. The summed E-state index contributed by atoms with van der Waals surface area (Å²) >= 11 is 0. The molecule has 2 atom stereocenters. The minimum atomic E-state index is 0.760. The molecule has 0 spiro atoms. The highest BCUT2D eigenvalue weighted by atomic mass is 16.5. The minimum Gasteiger partial charge on any atom is -0.497 e. The van der Waals surface area contributed by atoms with Gasteiger partial charge < -0.3 is 9.64 Å². The highest BCUT2D eigenvalue weighted by Gasteiger charge is 2.36. The van der Waals surface area contributed by atoms with Gasteiger partial charge in [0.15, 0.2) is 0 Å². The number of anilines is 1. The van der Waals surface area contributed by atoms with E-state index in [4.69, 9.17) is 4.74 Å². The summed E-state index contributed by atoms with van der Waals surface area (Å²) in [6, 6.07) is 8.02. The van der Waals surface area contributed by atoms with Crippen LogP contribution in [0.1, 0.15) is 24.8 Å². The monoisotopic (exact) mass is 242 g/mol. The molecule has 3 nitrogen and oxygen atoms in total. The first-order valence-corrected chi connectivity index (χ1v) is 6.65. The predicted octanol–water partition coefficient (Wildman–Crippen LogP) is 2.80. The van der Waals surface area contributed by atoms with Crippen LogP contribution >= 0.6 is 0 Å². The maximum atomic E-state index is 9.23. The van der Waals surface area contributed by atoms with Crippen LogP contribution in [0.5, 0.6) is 5.75 Å². The second-order valence-corrected chi connectivity index (χ2v) is 5.35. The maximum Gasteiger partial charge on any atom is 0.121 e. The average Bonchev–Trinajstić information content (AvgIpc) is 2.98. The SMILES string of the molecule is COc1ccc(C#N)c(N2CC3CCCC3C2)c1. The van der Waals surface area contributed by atoms with Crippen LogP contribution in [-0.2, 0) is 0 Å². The molecule has 18 heavy (non-hydrogen) atoms. The Morgan fingerprint density at radius 1 is 1.28 bits per heavy atom. The average molecular weight is 242 g/mol. The third-order valence-corrected chi connectivity index (χ3v) is 4.39. The van der Waals surface area contributed by atoms with Crippen molar-refractivity contribution in [2.24, 2.45) is 11.8 Å². The first-order chi connectivity index (χ1) is 8.81. The predicted molar refractivity (Wildman–Crippen MR) is 70.8 cm³/mol. The van der Waals surface area contributed by atoms with Crippen LogP contribution in [0.4, 0.5) is 5.69 Å². The van der Waals surface area contributed by atoms with Gasteiger partial charge in [-0.25, -0.2) is 0 Å². The Kier molecular flexibility index (Phi) is 2.87. The van der Waals surface area contributed by atoms with Crippen molar-refractivity contribution < 1.29 is 4.74 Å². The lowest BCUT2D eigenvalue weighted by molar-refractivity contribution is 0.414. The molecule has 3 heteroatoms. The number of benzene rings is 1. The van der Waals surface area contributed by atoms with E-state index in [0.29, 0.717) is 0 Å². The van der Waals surface area contributed by atoms with Gasteiger partial charge in [0.1, 0.15) is 11.8 Å². The van der Waals surface area contributed by atoms with E-state index >= 15 is 0 Å². The number of hydrogen-bond acceptors (Lipinski definition) is 3. The lowest BCUT2D eigenvalue weighted by Gasteiger charge is -2.21. The Bertz CT molecular complexity index is 480. The number of rotatable bonds is 2. The van der Waals surface area contributed by atoms with E-state index in [1.807, 2.05) is 18.2 Å². The van der Waals surface area contributed by atoms with Gasteiger partial charge in [-0.3, -0.25) is 0 Å². The smallest absolute Gasteiger partial charge is 0.121 e. The molecule has 1 aromatic rings. The molecule has 2 unspecified atom stereocenters. The summed E-state index contributed by atoms with van der Waals surface area (Å²) < 4.78 is 5.27. The van der Waals surface area contributed by atoms with Gasteiger partial charge in [0.2, 0.25) is 0 Å². The van der Waals surface area contributed by atoms with E-state index in [9.17, 15) is 5.26 Å². The largest absolute Gasteiger partial charge is 0.497 e. The van der Waals surface area contributed by atoms with Gasteiger partial charge in [-0.2, -0.15) is 5.26 Å². The fraction of sp³-hybridized carbons (Fsp3) is 0.533. The van der Waals surface area contributed by atoms with Crippen LogP contribution in [0.25, 0.3) is 0 Å². The number of methoxy groups -OCH3 is 1. The molecule has 0 aromatic heterocycles. The van der Waals surface area contributed by atoms with E-state index < -0.39 is 0 Å². The summed E-state index contributed by atoms with van der Waals surface area (Å²) in [5.74, 6) is 2.51. The Morgan fingerprint density at radius 3 is 2.61 bits per heavy atom. The van der Waals surface area contributed by atoms with Crippen molar-refractivity contribution in [3.05, 3.63) is 23.8 Å². The highest BCUT2D eigenvalue weighted by Crippen LogP contribution is 2.40. The summed E-state index contributed by atoms with van der Waals surface area (Å²) in [6.45, 7) is 2.21. The Balaban J connectivity index is 1.89. The van der Waals surface area contributed by atoms with Crippen molar-refractivity contribution in [2.45, 2.75) is 19.3 Å². The van der Waals surface area contributed by atoms with E-state index in [2.05, 4.69) is 11.0 Å². The topological polar surface area (TPSA) is 36.3 Å². The standard InChI is InChI=1S/C15H18N2O/c1-18-14-6-5-11(8-16)15(7-14)17-9-12-3-2-4-13(12)10-17/h5-7,12-13H,2-4,9-10H2,1H3. The lowest BCUT2D eigenvalue weighted by Crippen LogP contribution is -2.21. The summed E-state index contributed by atoms with van der Waals surface area (Å²) in [4.78, 5) is 2.37. The molecule has 1 aliphatic heterocycles. The fourth-order valence-corrected chi connectivity index (χ4v) is 3.43. The van der Waals surface area contributed by atoms with Gasteiger partial charge >= 0.3 is 0 Å². The van der Waals surface area contributed by atoms with Gasteiger partial charge in [0, 0.05) is 19.2 Å². The van der Waals surface area contributed by atoms with E-state index in [1.165, 1.54) is 19.3 Å². The first kappa shape index (κ1) is 11.4. The molecule has 1 saturated carbocycles. The molecule has 1 heterocycles. The van der Waals surface area contributed by atoms with Crippen molar-refractivity contribution in [3.63, 3.8) is 0 Å². The van der Waals surface area contributed by atoms with Crippen LogP contribution < -0.4 is 9.64 Å². The summed E-state index contributed by atoms with van der Waals surface area (Å²) in [7, 11) is 1.67. The molecule has 1 saturated heterocycles. The molecular weight excluding hydrogens is 224 g/mol. The molecule has 2 fully saturated rings. The molecule has 1 aromatic carbocycles. The van der Waals surface area contributed by atoms with E-state index in [0.717, 1.165) is 41.9 Å². The molecular formula is C15H18N2O. The zero-order valence-corrected chi connectivity index (χ0v) is 10.7. The quantitative estimate of drug-likeness (QED) is 0.800. The number of hydrogen-bond donors (Lipinski definition) is 0. The van der Waals surface area contributed by atoms with Gasteiger partial charge in [0.05, 0.1) is 18.4 Å². The maximum absolute atomic E-state index is 9.23. The summed E-state index contributed by atoms with van der Waals surface area (Å²) in [5.41, 5.74) is 1.81. The van der Waals surface area contributed by atoms with Crippen LogP contribution in [0.2, 0.25) is 0 Å². The molecule has 3 rings (SSSR count). The zero-order chi connectivity index (χ0) is 12.5. The van der Waals surface area contributed by atoms with Gasteiger partial charge in [0.25, 0.3) is 0 Å². The summed E-state index contributed by atoms with van der Waals surface area (Å²) in [5, 5.41) is 9.23. The van der Waals surface area contributed by atoms with Crippen molar-refractivity contribution in [1.82, 2.24) is 0 Å². The number of nitriles is 1. The molecule has 0 radical (unpaired) electrons. The molecule has 0 amide bonds. The van der Waals surface area contributed by atoms with Crippen LogP contribution in [-0.4, -0.2) is 20.2 Å². The molecule has 94 valence electrons. The Hall–Kier alpha value is -1.69. The van der Waals surface area contributed by atoms with Gasteiger partial charge in [-0.1, -0.05) is 6.42 Å². The van der Waals surface area contributed by atoms with Crippen LogP contribution in [0.3, 0.4) is 0 Å². The second-order valence-electron chi connectivity index (χ2n) is 5.35. The number of fused-ring (bicyclic) bond motifs is 1. The third-order valence-electron chi connectivity index (χ3n) is 4.39. The Labute approximate surface area is 108 Å². The van der Waals surface area contributed by atoms with E-state index in [1.54, 1.807) is 7.11 Å². The Morgan fingerprint density at radius 2 is 2.00 bits per heavy atom. The van der Waals surface area contributed by atoms with Crippen LogP contribution in [0, 0.1) is 23.2 Å². The normalized spacial score (nSPS) is 25.9. The fourth-order valence-electron chi connectivity index (χ4n) is 3.43. The number of ether oxygens (including phenoxy) is 1. The van der Waals surface area contributed by atoms with Crippen LogP contribution in [0.15, 0.2) is 18.2 Å². The molecule has 1 aliphatic carbocycles. The molecule has 0 N–H and O–H groups in total. The van der Waals surface area contributed by atoms with E-state index in [-0.39, 0.29) is 0 Å². The van der Waals surface area contributed by atoms with Crippen molar-refractivity contribution in [1.29, 1.82) is 5.26 Å². The van der Waals surface area contributed by atoms with Crippen molar-refractivity contribution >= 4 is 5.69 Å².